The number of rotatable bonds is 7. The number of amides is 1. The third-order valence-corrected chi connectivity index (χ3v) is 3.19. The number of alkyl carbamates (subject to hydrolysis) is 1. The highest BCUT2D eigenvalue weighted by Gasteiger charge is 2.19. The molecule has 20 heavy (non-hydrogen) atoms. The predicted molar refractivity (Wildman–Crippen MR) is 79.9 cm³/mol. The Hall–Kier alpha value is -0.810. The van der Waals surface area contributed by atoms with Gasteiger partial charge in [0.25, 0.3) is 0 Å². The van der Waals surface area contributed by atoms with Crippen LogP contribution in [0.3, 0.4) is 0 Å². The van der Waals surface area contributed by atoms with E-state index in [1.54, 1.807) is 0 Å². The second kappa shape index (κ2) is 8.47. The summed E-state index contributed by atoms with van der Waals surface area (Å²) in [5.74, 6) is 0. The van der Waals surface area contributed by atoms with E-state index in [1.807, 2.05) is 20.8 Å². The number of nitrogens with one attached hydrogen (secondary N) is 2. The van der Waals surface area contributed by atoms with Gasteiger partial charge in [0.1, 0.15) is 5.60 Å². The lowest BCUT2D eigenvalue weighted by atomic mass is 10.1. The molecule has 0 aliphatic carbocycles. The molecule has 5 heteroatoms. The normalized spacial score (nSPS) is 20.7. The highest BCUT2D eigenvalue weighted by Crippen LogP contribution is 2.11. The van der Waals surface area contributed by atoms with Crippen LogP contribution in [0.1, 0.15) is 53.4 Å². The molecule has 0 radical (unpaired) electrons. The second-order valence-electron chi connectivity index (χ2n) is 6.41. The standard InChI is InChI=1S/C15H30N2O3/c1-5-7-12(16-11-13-8-6-9-19-13)10-17-14(18)20-15(2,3)4/h12-13,16H,5-11H2,1-4H3,(H,17,18). The second-order valence-corrected chi connectivity index (χ2v) is 6.41. The molecule has 0 aromatic heterocycles. The van der Waals surface area contributed by atoms with Crippen molar-refractivity contribution in [2.45, 2.75) is 71.1 Å². The van der Waals surface area contributed by atoms with Gasteiger partial charge >= 0.3 is 6.09 Å². The first-order valence-corrected chi connectivity index (χ1v) is 7.72. The lowest BCUT2D eigenvalue weighted by molar-refractivity contribution is 0.0520. The number of carbonyl (C=O) groups is 1. The number of carbonyl (C=O) groups excluding carboxylic acids is 1. The zero-order valence-electron chi connectivity index (χ0n) is 13.3. The average molecular weight is 286 g/mol. The van der Waals surface area contributed by atoms with Crippen molar-refractivity contribution in [2.24, 2.45) is 0 Å². The molecule has 1 aliphatic rings. The summed E-state index contributed by atoms with van der Waals surface area (Å²) in [5.41, 5.74) is -0.449. The van der Waals surface area contributed by atoms with Crippen LogP contribution < -0.4 is 10.6 Å². The Bertz CT molecular complexity index is 283. The third-order valence-electron chi connectivity index (χ3n) is 3.19. The van der Waals surface area contributed by atoms with E-state index in [0.717, 1.165) is 38.8 Å². The Labute approximate surface area is 122 Å². The summed E-state index contributed by atoms with van der Waals surface area (Å²) in [4.78, 5) is 11.6. The van der Waals surface area contributed by atoms with Crippen LogP contribution >= 0.6 is 0 Å². The van der Waals surface area contributed by atoms with Gasteiger partial charge in [-0.05, 0) is 40.0 Å². The average Bonchev–Trinajstić information content (AvgIpc) is 2.83. The minimum atomic E-state index is -0.449. The van der Waals surface area contributed by atoms with E-state index in [9.17, 15) is 4.79 Å². The summed E-state index contributed by atoms with van der Waals surface area (Å²) >= 11 is 0. The summed E-state index contributed by atoms with van der Waals surface area (Å²) in [5, 5.41) is 6.32. The van der Waals surface area contributed by atoms with Crippen molar-refractivity contribution in [1.29, 1.82) is 0 Å². The maximum Gasteiger partial charge on any atom is 0.407 e. The molecular weight excluding hydrogens is 256 g/mol. The van der Waals surface area contributed by atoms with Crippen molar-refractivity contribution in [3.05, 3.63) is 0 Å². The summed E-state index contributed by atoms with van der Waals surface area (Å²) in [6.07, 6.45) is 4.38. The van der Waals surface area contributed by atoms with Gasteiger partial charge in [0.05, 0.1) is 6.10 Å². The maximum atomic E-state index is 11.6. The first-order chi connectivity index (χ1) is 9.40. The molecule has 2 atom stereocenters. The Morgan fingerprint density at radius 1 is 1.45 bits per heavy atom. The molecule has 0 saturated carbocycles. The van der Waals surface area contributed by atoms with Crippen molar-refractivity contribution >= 4 is 6.09 Å². The predicted octanol–water partition coefficient (Wildman–Crippen LogP) is 2.45. The summed E-state index contributed by atoms with van der Waals surface area (Å²) in [6, 6.07) is 0.275. The third kappa shape index (κ3) is 7.70. The number of hydrogen-bond donors (Lipinski definition) is 2. The Kier molecular flexibility index (Phi) is 7.30. The van der Waals surface area contributed by atoms with Crippen molar-refractivity contribution in [3.8, 4) is 0 Å². The maximum absolute atomic E-state index is 11.6. The van der Waals surface area contributed by atoms with Crippen molar-refractivity contribution in [3.63, 3.8) is 0 Å². The van der Waals surface area contributed by atoms with E-state index >= 15 is 0 Å². The van der Waals surface area contributed by atoms with Crippen molar-refractivity contribution in [1.82, 2.24) is 10.6 Å². The highest BCUT2D eigenvalue weighted by atomic mass is 16.6. The molecular formula is C15H30N2O3. The van der Waals surface area contributed by atoms with Crippen LogP contribution in [0.15, 0.2) is 0 Å². The monoisotopic (exact) mass is 286 g/mol. The Balaban J connectivity index is 2.25. The van der Waals surface area contributed by atoms with E-state index in [2.05, 4.69) is 17.6 Å². The molecule has 0 spiro atoms. The molecule has 0 bridgehead atoms. The molecule has 1 rings (SSSR count). The van der Waals surface area contributed by atoms with Crippen LogP contribution in [0, 0.1) is 0 Å². The zero-order valence-corrected chi connectivity index (χ0v) is 13.3. The first-order valence-electron chi connectivity index (χ1n) is 7.72. The molecule has 1 fully saturated rings. The largest absolute Gasteiger partial charge is 0.444 e. The van der Waals surface area contributed by atoms with Crippen molar-refractivity contribution in [2.75, 3.05) is 19.7 Å². The van der Waals surface area contributed by atoms with Gasteiger partial charge < -0.3 is 20.1 Å². The molecule has 5 nitrogen and oxygen atoms in total. The molecule has 0 aromatic rings. The summed E-state index contributed by atoms with van der Waals surface area (Å²) in [7, 11) is 0. The molecule has 2 unspecified atom stereocenters. The van der Waals surface area contributed by atoms with E-state index in [0.29, 0.717) is 12.6 Å². The molecule has 1 aliphatic heterocycles. The molecule has 1 amide bonds. The van der Waals surface area contributed by atoms with E-state index < -0.39 is 5.60 Å². The van der Waals surface area contributed by atoms with E-state index in [4.69, 9.17) is 9.47 Å². The molecule has 0 aromatic carbocycles. The van der Waals surface area contributed by atoms with Gasteiger partial charge in [-0.15, -0.1) is 0 Å². The van der Waals surface area contributed by atoms with Crippen LogP contribution in [0.2, 0.25) is 0 Å². The fourth-order valence-electron chi connectivity index (χ4n) is 2.25. The number of ether oxygens (including phenoxy) is 2. The van der Waals surface area contributed by atoms with Gasteiger partial charge in [-0.1, -0.05) is 13.3 Å². The number of hydrogen-bond acceptors (Lipinski definition) is 4. The quantitative estimate of drug-likeness (QED) is 0.755. The minimum absolute atomic E-state index is 0.275. The Morgan fingerprint density at radius 3 is 2.75 bits per heavy atom. The van der Waals surface area contributed by atoms with Gasteiger partial charge in [0.15, 0.2) is 0 Å². The smallest absolute Gasteiger partial charge is 0.407 e. The van der Waals surface area contributed by atoms with Gasteiger partial charge in [0.2, 0.25) is 0 Å². The van der Waals surface area contributed by atoms with Crippen LogP contribution in [-0.2, 0) is 9.47 Å². The van der Waals surface area contributed by atoms with E-state index in [1.165, 1.54) is 0 Å². The molecule has 2 N–H and O–H groups in total. The fourth-order valence-corrected chi connectivity index (χ4v) is 2.25. The van der Waals surface area contributed by atoms with Gasteiger partial charge in [-0.25, -0.2) is 4.79 Å². The van der Waals surface area contributed by atoms with Crippen LogP contribution in [0.4, 0.5) is 4.79 Å². The van der Waals surface area contributed by atoms with Gasteiger partial charge in [-0.3, -0.25) is 0 Å². The SMILES string of the molecule is CCCC(CNC(=O)OC(C)(C)C)NCC1CCCO1. The molecule has 1 heterocycles. The van der Waals surface area contributed by atoms with Crippen LogP contribution in [0.25, 0.3) is 0 Å². The van der Waals surface area contributed by atoms with Crippen LogP contribution in [0.5, 0.6) is 0 Å². The summed E-state index contributed by atoms with van der Waals surface area (Å²) in [6.45, 7) is 10.1. The zero-order chi connectivity index (χ0) is 15.0. The van der Waals surface area contributed by atoms with Gasteiger partial charge in [0, 0.05) is 25.7 Å². The fraction of sp³-hybridized carbons (Fsp3) is 0.933. The topological polar surface area (TPSA) is 59.6 Å². The lowest BCUT2D eigenvalue weighted by Gasteiger charge is -2.23. The Morgan fingerprint density at radius 2 is 2.20 bits per heavy atom. The first kappa shape index (κ1) is 17.2. The molecule has 118 valence electrons. The van der Waals surface area contributed by atoms with E-state index in [-0.39, 0.29) is 12.1 Å². The summed E-state index contributed by atoms with van der Waals surface area (Å²) < 4.78 is 10.8. The van der Waals surface area contributed by atoms with Gasteiger partial charge in [-0.2, -0.15) is 0 Å². The highest BCUT2D eigenvalue weighted by molar-refractivity contribution is 5.67. The van der Waals surface area contributed by atoms with Crippen molar-refractivity contribution < 1.29 is 14.3 Å². The van der Waals surface area contributed by atoms with Crippen LogP contribution in [-0.4, -0.2) is 43.5 Å². The lowest BCUT2D eigenvalue weighted by Crippen LogP contribution is -2.44. The molecule has 1 saturated heterocycles. The minimum Gasteiger partial charge on any atom is -0.444 e.